The normalized spacial score (nSPS) is 11.2. The van der Waals surface area contributed by atoms with Crippen molar-refractivity contribution in [1.29, 1.82) is 0 Å². The summed E-state index contributed by atoms with van der Waals surface area (Å²) in [6.45, 7) is -0.142. The number of thiophene rings is 1. The molecule has 0 radical (unpaired) electrons. The zero-order chi connectivity index (χ0) is 20.1. The fourth-order valence-corrected chi connectivity index (χ4v) is 2.82. The van der Waals surface area contributed by atoms with Crippen LogP contribution >= 0.6 is 11.3 Å². The van der Waals surface area contributed by atoms with Crippen LogP contribution in [0.5, 0.6) is 0 Å². The molecule has 0 saturated heterocycles. The van der Waals surface area contributed by atoms with Crippen LogP contribution < -0.4 is 10.6 Å². The molecule has 0 unspecified atom stereocenters. The SMILES string of the molecule is O=C(Cn1nnc(-c2cccc(C(F)(F)F)c2)n1)NC(=O)NCc1cccs1. The lowest BCUT2D eigenvalue weighted by atomic mass is 10.1. The van der Waals surface area contributed by atoms with Gasteiger partial charge in [-0.15, -0.1) is 21.5 Å². The Morgan fingerprint density at radius 3 is 2.71 bits per heavy atom. The number of carbonyl (C=O) groups excluding carboxylic acids is 2. The average Bonchev–Trinajstić information content (AvgIpc) is 3.31. The molecular formula is C16H13F3N6O2S. The first-order valence-electron chi connectivity index (χ1n) is 7.87. The van der Waals surface area contributed by atoms with Crippen LogP contribution in [-0.4, -0.2) is 32.1 Å². The molecule has 2 aromatic heterocycles. The third-order valence-corrected chi connectivity index (χ3v) is 4.32. The Labute approximate surface area is 160 Å². The highest BCUT2D eigenvalue weighted by atomic mass is 32.1. The fourth-order valence-electron chi connectivity index (χ4n) is 2.18. The average molecular weight is 410 g/mol. The van der Waals surface area contributed by atoms with Crippen molar-refractivity contribution in [2.24, 2.45) is 0 Å². The number of amides is 3. The summed E-state index contributed by atoms with van der Waals surface area (Å²) in [6, 6.07) is 7.43. The van der Waals surface area contributed by atoms with Gasteiger partial charge in [-0.3, -0.25) is 10.1 Å². The van der Waals surface area contributed by atoms with Gasteiger partial charge in [0.2, 0.25) is 5.82 Å². The minimum absolute atomic E-state index is 0.0685. The first kappa shape index (κ1) is 19.5. The molecule has 3 aromatic rings. The van der Waals surface area contributed by atoms with Crippen molar-refractivity contribution in [3.05, 3.63) is 52.2 Å². The van der Waals surface area contributed by atoms with E-state index in [9.17, 15) is 22.8 Å². The van der Waals surface area contributed by atoms with Crippen molar-refractivity contribution in [2.45, 2.75) is 19.3 Å². The van der Waals surface area contributed by atoms with Crippen molar-refractivity contribution in [2.75, 3.05) is 0 Å². The van der Waals surface area contributed by atoms with Crippen LogP contribution in [-0.2, 0) is 24.1 Å². The molecule has 1 aromatic carbocycles. The summed E-state index contributed by atoms with van der Waals surface area (Å²) in [4.78, 5) is 25.4. The Balaban J connectivity index is 1.57. The highest BCUT2D eigenvalue weighted by Gasteiger charge is 2.30. The number of rotatable bonds is 5. The number of urea groups is 1. The maximum atomic E-state index is 12.8. The molecule has 0 aliphatic rings. The quantitative estimate of drug-likeness (QED) is 0.673. The van der Waals surface area contributed by atoms with E-state index in [0.29, 0.717) is 0 Å². The molecule has 2 N–H and O–H groups in total. The van der Waals surface area contributed by atoms with Gasteiger partial charge >= 0.3 is 12.2 Å². The maximum Gasteiger partial charge on any atom is 0.416 e. The van der Waals surface area contributed by atoms with Gasteiger partial charge in [0.25, 0.3) is 5.91 Å². The van der Waals surface area contributed by atoms with E-state index >= 15 is 0 Å². The third-order valence-electron chi connectivity index (χ3n) is 3.44. The molecule has 3 amide bonds. The first-order chi connectivity index (χ1) is 13.3. The molecule has 2 heterocycles. The van der Waals surface area contributed by atoms with E-state index in [2.05, 4.69) is 26.0 Å². The summed E-state index contributed by atoms with van der Waals surface area (Å²) in [5.41, 5.74) is -0.739. The van der Waals surface area contributed by atoms with Crippen LogP contribution in [0.1, 0.15) is 10.4 Å². The second-order valence-corrected chi connectivity index (χ2v) is 6.56. The summed E-state index contributed by atoms with van der Waals surface area (Å²) in [7, 11) is 0. The molecule has 0 saturated carbocycles. The molecule has 0 fully saturated rings. The second kappa shape index (κ2) is 8.17. The summed E-state index contributed by atoms with van der Waals surface area (Å²) in [6.07, 6.45) is -4.50. The number of hydrogen-bond acceptors (Lipinski definition) is 6. The van der Waals surface area contributed by atoms with Crippen LogP contribution in [0.15, 0.2) is 41.8 Å². The number of nitrogens with zero attached hydrogens (tertiary/aromatic N) is 4. The zero-order valence-electron chi connectivity index (χ0n) is 14.1. The summed E-state index contributed by atoms with van der Waals surface area (Å²) < 4.78 is 38.3. The van der Waals surface area contributed by atoms with Crippen LogP contribution in [0.25, 0.3) is 11.4 Å². The van der Waals surface area contributed by atoms with Crippen molar-refractivity contribution in [3.63, 3.8) is 0 Å². The van der Waals surface area contributed by atoms with E-state index in [4.69, 9.17) is 0 Å². The topological polar surface area (TPSA) is 102 Å². The summed E-state index contributed by atoms with van der Waals surface area (Å²) in [5.74, 6) is -0.766. The number of hydrogen-bond donors (Lipinski definition) is 2. The van der Waals surface area contributed by atoms with Crippen molar-refractivity contribution in [1.82, 2.24) is 30.8 Å². The Morgan fingerprint density at radius 1 is 1.18 bits per heavy atom. The number of imide groups is 1. The number of benzene rings is 1. The van der Waals surface area contributed by atoms with E-state index in [-0.39, 0.29) is 17.9 Å². The zero-order valence-corrected chi connectivity index (χ0v) is 14.9. The maximum absolute atomic E-state index is 12.8. The summed E-state index contributed by atoms with van der Waals surface area (Å²) in [5, 5.41) is 17.6. The van der Waals surface area contributed by atoms with Crippen molar-refractivity contribution in [3.8, 4) is 11.4 Å². The Bertz CT molecular complexity index is 971. The van der Waals surface area contributed by atoms with E-state index < -0.39 is 30.2 Å². The van der Waals surface area contributed by atoms with Crippen LogP contribution in [0.2, 0.25) is 0 Å². The molecule has 3 rings (SSSR count). The van der Waals surface area contributed by atoms with E-state index in [1.54, 1.807) is 0 Å². The minimum atomic E-state index is -4.50. The largest absolute Gasteiger partial charge is 0.416 e. The first-order valence-corrected chi connectivity index (χ1v) is 8.75. The van der Waals surface area contributed by atoms with Gasteiger partial charge in [-0.05, 0) is 28.8 Å². The number of carbonyl (C=O) groups is 2. The Hall–Kier alpha value is -3.28. The fraction of sp³-hybridized carbons (Fsp3) is 0.188. The van der Waals surface area contributed by atoms with E-state index in [1.807, 2.05) is 17.5 Å². The lowest BCUT2D eigenvalue weighted by molar-refractivity contribution is -0.137. The number of aromatic nitrogens is 4. The highest BCUT2D eigenvalue weighted by molar-refractivity contribution is 7.09. The van der Waals surface area contributed by atoms with Crippen molar-refractivity contribution < 1.29 is 22.8 Å². The van der Waals surface area contributed by atoms with Gasteiger partial charge in [-0.25, -0.2) is 4.79 Å². The third kappa shape index (κ3) is 5.13. The van der Waals surface area contributed by atoms with Gasteiger partial charge in [-0.2, -0.15) is 18.0 Å². The molecule has 146 valence electrons. The van der Waals surface area contributed by atoms with Crippen LogP contribution in [0, 0.1) is 0 Å². The van der Waals surface area contributed by atoms with Gasteiger partial charge in [0.1, 0.15) is 6.54 Å². The van der Waals surface area contributed by atoms with Crippen molar-refractivity contribution >= 4 is 23.3 Å². The van der Waals surface area contributed by atoms with E-state index in [1.165, 1.54) is 23.5 Å². The molecule has 28 heavy (non-hydrogen) atoms. The predicted octanol–water partition coefficient (Wildman–Crippen LogP) is 2.45. The Morgan fingerprint density at radius 2 is 2.00 bits per heavy atom. The Kier molecular flexibility index (Phi) is 5.68. The molecular weight excluding hydrogens is 397 g/mol. The number of halogens is 3. The van der Waals surface area contributed by atoms with E-state index in [0.717, 1.165) is 21.8 Å². The molecule has 8 nitrogen and oxygen atoms in total. The number of alkyl halides is 3. The number of nitrogens with one attached hydrogen (secondary N) is 2. The molecule has 0 aliphatic carbocycles. The van der Waals surface area contributed by atoms with Crippen LogP contribution in [0.4, 0.5) is 18.0 Å². The lowest BCUT2D eigenvalue weighted by Gasteiger charge is -2.06. The van der Waals surface area contributed by atoms with Gasteiger partial charge in [0.15, 0.2) is 0 Å². The smallest absolute Gasteiger partial charge is 0.333 e. The van der Waals surface area contributed by atoms with Crippen LogP contribution in [0.3, 0.4) is 0 Å². The van der Waals surface area contributed by atoms with Gasteiger partial charge in [0.05, 0.1) is 12.1 Å². The molecule has 0 bridgehead atoms. The minimum Gasteiger partial charge on any atom is -0.333 e. The molecule has 0 atom stereocenters. The monoisotopic (exact) mass is 410 g/mol. The molecule has 12 heteroatoms. The van der Waals surface area contributed by atoms with Gasteiger partial charge in [-0.1, -0.05) is 18.2 Å². The van der Waals surface area contributed by atoms with Gasteiger partial charge < -0.3 is 5.32 Å². The van der Waals surface area contributed by atoms with Gasteiger partial charge in [0, 0.05) is 10.4 Å². The lowest BCUT2D eigenvalue weighted by Crippen LogP contribution is -2.40. The molecule has 0 aliphatic heterocycles. The standard InChI is InChI=1S/C16H13F3N6O2S/c17-16(18,19)11-4-1-3-10(7-11)14-22-24-25(23-14)9-13(26)21-15(27)20-8-12-5-2-6-28-12/h1-7H,8-9H2,(H2,20,21,26,27). The second-order valence-electron chi connectivity index (χ2n) is 5.53. The summed E-state index contributed by atoms with van der Waals surface area (Å²) >= 11 is 1.46. The highest BCUT2D eigenvalue weighted by Crippen LogP contribution is 2.31. The molecule has 0 spiro atoms. The predicted molar refractivity (Wildman–Crippen MR) is 93.0 cm³/mol. The number of tetrazole rings is 1.